The summed E-state index contributed by atoms with van der Waals surface area (Å²) < 4.78 is 0. The molecule has 0 aliphatic rings. The van der Waals surface area contributed by atoms with Crippen molar-refractivity contribution < 1.29 is 0 Å². The zero-order valence-corrected chi connectivity index (χ0v) is 12.1. The minimum Gasteiger partial charge on any atom is -0.305 e. The van der Waals surface area contributed by atoms with E-state index in [9.17, 15) is 0 Å². The van der Waals surface area contributed by atoms with Crippen molar-refractivity contribution in [1.82, 2.24) is 15.3 Å². The minimum absolute atomic E-state index is 0.331. The molecule has 0 saturated heterocycles. The van der Waals surface area contributed by atoms with Crippen molar-refractivity contribution in [3.8, 4) is 0 Å². The van der Waals surface area contributed by atoms with E-state index in [1.807, 2.05) is 19.2 Å². The molecule has 0 aliphatic heterocycles. The van der Waals surface area contributed by atoms with Crippen LogP contribution < -0.4 is 5.32 Å². The first-order valence-corrected chi connectivity index (χ1v) is 6.96. The Morgan fingerprint density at radius 2 is 2.06 bits per heavy atom. The van der Waals surface area contributed by atoms with Gasteiger partial charge in [0, 0.05) is 29.4 Å². The summed E-state index contributed by atoms with van der Waals surface area (Å²) in [4.78, 5) is 10.1. The topological polar surface area (TPSA) is 37.8 Å². The Morgan fingerprint density at radius 1 is 1.28 bits per heavy atom. The molecule has 96 valence electrons. The van der Waals surface area contributed by atoms with Gasteiger partial charge in [0.25, 0.3) is 0 Å². The summed E-state index contributed by atoms with van der Waals surface area (Å²) in [5.41, 5.74) is 3.41. The van der Waals surface area contributed by atoms with Crippen LogP contribution in [-0.4, -0.2) is 9.97 Å². The first kappa shape index (κ1) is 13.2. The fraction of sp³-hybridized carbons (Fsp3) is 0.429. The van der Waals surface area contributed by atoms with E-state index in [2.05, 4.69) is 42.1 Å². The lowest BCUT2D eigenvalue weighted by Crippen LogP contribution is -2.18. The van der Waals surface area contributed by atoms with Gasteiger partial charge in [-0.25, -0.2) is 4.98 Å². The molecule has 0 bridgehead atoms. The molecule has 2 heterocycles. The van der Waals surface area contributed by atoms with Crippen LogP contribution in [0.1, 0.15) is 39.8 Å². The summed E-state index contributed by atoms with van der Waals surface area (Å²) in [6.45, 7) is 9.15. The second-order valence-electron chi connectivity index (χ2n) is 4.59. The third kappa shape index (κ3) is 3.15. The number of aromatic nitrogens is 2. The molecular formula is C14H19N3S. The van der Waals surface area contributed by atoms with Crippen LogP contribution in [0.4, 0.5) is 0 Å². The van der Waals surface area contributed by atoms with Crippen molar-refractivity contribution in [3.63, 3.8) is 0 Å². The van der Waals surface area contributed by atoms with E-state index in [1.54, 1.807) is 11.3 Å². The van der Waals surface area contributed by atoms with E-state index in [-0.39, 0.29) is 0 Å². The average Bonchev–Trinajstić information content (AvgIpc) is 2.67. The van der Waals surface area contributed by atoms with Crippen LogP contribution in [0.2, 0.25) is 0 Å². The molecule has 1 N–H and O–H groups in total. The van der Waals surface area contributed by atoms with Crippen molar-refractivity contribution in [2.45, 2.75) is 40.3 Å². The lowest BCUT2D eigenvalue weighted by Gasteiger charge is -2.12. The molecular weight excluding hydrogens is 242 g/mol. The Morgan fingerprint density at radius 3 is 2.61 bits per heavy atom. The predicted octanol–water partition coefficient (Wildman–Crippen LogP) is 3.31. The predicted molar refractivity (Wildman–Crippen MR) is 75.8 cm³/mol. The van der Waals surface area contributed by atoms with Crippen LogP contribution in [0.25, 0.3) is 0 Å². The van der Waals surface area contributed by atoms with E-state index in [0.29, 0.717) is 6.04 Å². The summed E-state index contributed by atoms with van der Waals surface area (Å²) in [6, 6.07) is 4.49. The molecule has 0 aliphatic carbocycles. The van der Waals surface area contributed by atoms with Crippen LogP contribution in [-0.2, 0) is 6.54 Å². The van der Waals surface area contributed by atoms with Gasteiger partial charge in [-0.15, -0.1) is 11.3 Å². The number of aryl methyl sites for hydroxylation is 3. The number of nitrogens with one attached hydrogen (secondary N) is 1. The molecule has 3 nitrogen and oxygen atoms in total. The Hall–Kier alpha value is -1.26. The van der Waals surface area contributed by atoms with Crippen molar-refractivity contribution >= 4 is 11.3 Å². The number of hydrogen-bond donors (Lipinski definition) is 1. The summed E-state index contributed by atoms with van der Waals surface area (Å²) in [5.74, 6) is 0. The van der Waals surface area contributed by atoms with Crippen LogP contribution in [0.3, 0.4) is 0 Å². The summed E-state index contributed by atoms with van der Waals surface area (Å²) in [7, 11) is 0. The maximum absolute atomic E-state index is 4.46. The third-order valence-electron chi connectivity index (χ3n) is 2.92. The maximum atomic E-state index is 4.46. The van der Waals surface area contributed by atoms with Crippen LogP contribution in [0.15, 0.2) is 18.3 Å². The highest BCUT2D eigenvalue weighted by atomic mass is 32.1. The average molecular weight is 261 g/mol. The van der Waals surface area contributed by atoms with Gasteiger partial charge in [0.2, 0.25) is 0 Å². The lowest BCUT2D eigenvalue weighted by molar-refractivity contribution is 0.578. The molecule has 18 heavy (non-hydrogen) atoms. The van der Waals surface area contributed by atoms with Crippen molar-refractivity contribution in [3.05, 3.63) is 45.2 Å². The van der Waals surface area contributed by atoms with Crippen LogP contribution >= 0.6 is 11.3 Å². The minimum atomic E-state index is 0.331. The quantitative estimate of drug-likeness (QED) is 0.917. The van der Waals surface area contributed by atoms with E-state index in [1.165, 1.54) is 10.4 Å². The van der Waals surface area contributed by atoms with E-state index < -0.39 is 0 Å². The van der Waals surface area contributed by atoms with E-state index in [4.69, 9.17) is 0 Å². The largest absolute Gasteiger partial charge is 0.305 e. The molecule has 0 spiro atoms. The zero-order valence-electron chi connectivity index (χ0n) is 11.3. The van der Waals surface area contributed by atoms with Gasteiger partial charge in [-0.1, -0.05) is 6.07 Å². The fourth-order valence-corrected chi connectivity index (χ4v) is 2.87. The Kier molecular flexibility index (Phi) is 4.09. The second-order valence-corrected chi connectivity index (χ2v) is 5.83. The number of rotatable bonds is 4. The number of hydrogen-bond acceptors (Lipinski definition) is 4. The first-order valence-electron chi connectivity index (χ1n) is 6.15. The summed E-state index contributed by atoms with van der Waals surface area (Å²) >= 11 is 1.77. The van der Waals surface area contributed by atoms with Gasteiger partial charge in [-0.05, 0) is 39.3 Å². The molecule has 2 rings (SSSR count). The standard InChI is InChI=1S/C14H19N3S/c1-9-5-6-13(7-15-9)8-16-10(2)14-11(3)17-12(4)18-14/h5-7,10,16H,8H2,1-4H3. The monoisotopic (exact) mass is 261 g/mol. The summed E-state index contributed by atoms with van der Waals surface area (Å²) in [6.07, 6.45) is 1.93. The number of thiazole rings is 1. The highest BCUT2D eigenvalue weighted by Gasteiger charge is 2.12. The Labute approximate surface area is 112 Å². The van der Waals surface area contributed by atoms with E-state index in [0.717, 1.165) is 22.9 Å². The SMILES string of the molecule is Cc1ccc(CNC(C)c2sc(C)nc2C)cn1. The molecule has 0 fully saturated rings. The molecule has 0 radical (unpaired) electrons. The first-order chi connectivity index (χ1) is 8.56. The third-order valence-corrected chi connectivity index (χ3v) is 4.17. The van der Waals surface area contributed by atoms with Gasteiger partial charge >= 0.3 is 0 Å². The van der Waals surface area contributed by atoms with Gasteiger partial charge in [0.05, 0.1) is 10.7 Å². The normalized spacial score (nSPS) is 12.7. The molecule has 2 aromatic heterocycles. The molecule has 0 amide bonds. The van der Waals surface area contributed by atoms with Gasteiger partial charge in [-0.3, -0.25) is 4.98 Å². The number of nitrogens with zero attached hydrogens (tertiary/aromatic N) is 2. The van der Waals surface area contributed by atoms with Gasteiger partial charge in [0.15, 0.2) is 0 Å². The van der Waals surface area contributed by atoms with Crippen molar-refractivity contribution in [1.29, 1.82) is 0 Å². The van der Waals surface area contributed by atoms with Gasteiger partial charge in [0.1, 0.15) is 0 Å². The molecule has 1 unspecified atom stereocenters. The molecule has 0 aromatic carbocycles. The molecule has 4 heteroatoms. The summed E-state index contributed by atoms with van der Waals surface area (Å²) in [5, 5.41) is 4.65. The molecule has 0 saturated carbocycles. The van der Waals surface area contributed by atoms with Crippen LogP contribution in [0, 0.1) is 20.8 Å². The Bertz CT molecular complexity index is 516. The maximum Gasteiger partial charge on any atom is 0.0900 e. The highest BCUT2D eigenvalue weighted by Crippen LogP contribution is 2.24. The Balaban J connectivity index is 1.98. The lowest BCUT2D eigenvalue weighted by atomic mass is 10.2. The number of pyridine rings is 1. The molecule has 2 aromatic rings. The highest BCUT2D eigenvalue weighted by molar-refractivity contribution is 7.11. The van der Waals surface area contributed by atoms with Crippen molar-refractivity contribution in [2.24, 2.45) is 0 Å². The van der Waals surface area contributed by atoms with Crippen molar-refractivity contribution in [2.75, 3.05) is 0 Å². The second kappa shape index (κ2) is 5.59. The smallest absolute Gasteiger partial charge is 0.0900 e. The zero-order chi connectivity index (χ0) is 13.1. The fourth-order valence-electron chi connectivity index (χ4n) is 1.92. The van der Waals surface area contributed by atoms with E-state index >= 15 is 0 Å². The molecule has 1 atom stereocenters. The van der Waals surface area contributed by atoms with Crippen LogP contribution in [0.5, 0.6) is 0 Å². The van der Waals surface area contributed by atoms with Gasteiger partial charge < -0.3 is 5.32 Å². The van der Waals surface area contributed by atoms with Gasteiger partial charge in [-0.2, -0.15) is 0 Å².